The standard InChI is InChI=1S/C17H20N2O2S2/c20-16(11-14-4-10-22-13-14)18-5-2-6-19(8-7-18)17(21)12-15-3-1-9-23-15/h1,3-4,9-10,13H,2,5-8,11-12H2. The Kier molecular flexibility index (Phi) is 5.46. The molecule has 2 amide bonds. The molecular formula is C17H20N2O2S2. The van der Waals surface area contributed by atoms with Crippen LogP contribution in [0.2, 0.25) is 0 Å². The molecule has 0 saturated carbocycles. The molecule has 23 heavy (non-hydrogen) atoms. The van der Waals surface area contributed by atoms with Gasteiger partial charge in [0, 0.05) is 31.1 Å². The third-order valence-corrected chi connectivity index (χ3v) is 5.65. The lowest BCUT2D eigenvalue weighted by molar-refractivity contribution is -0.132. The van der Waals surface area contributed by atoms with Gasteiger partial charge in [0.25, 0.3) is 0 Å². The van der Waals surface area contributed by atoms with Crippen molar-refractivity contribution in [3.05, 3.63) is 44.8 Å². The van der Waals surface area contributed by atoms with Crippen molar-refractivity contribution in [2.45, 2.75) is 19.3 Å². The zero-order chi connectivity index (χ0) is 16.1. The van der Waals surface area contributed by atoms with E-state index in [1.807, 2.05) is 44.1 Å². The molecule has 0 bridgehead atoms. The highest BCUT2D eigenvalue weighted by atomic mass is 32.1. The van der Waals surface area contributed by atoms with Crippen molar-refractivity contribution < 1.29 is 9.59 Å². The van der Waals surface area contributed by atoms with Gasteiger partial charge in [0.05, 0.1) is 12.8 Å². The first-order chi connectivity index (χ1) is 11.2. The fraction of sp³-hybridized carbons (Fsp3) is 0.412. The highest BCUT2D eigenvalue weighted by Crippen LogP contribution is 2.13. The van der Waals surface area contributed by atoms with E-state index in [4.69, 9.17) is 0 Å². The van der Waals surface area contributed by atoms with Gasteiger partial charge in [0.1, 0.15) is 0 Å². The Bertz CT molecular complexity index is 581. The van der Waals surface area contributed by atoms with E-state index in [2.05, 4.69) is 0 Å². The van der Waals surface area contributed by atoms with Crippen molar-refractivity contribution in [1.82, 2.24) is 9.80 Å². The molecular weight excluding hydrogens is 328 g/mol. The first-order valence-electron chi connectivity index (χ1n) is 7.81. The number of nitrogens with zero attached hydrogens (tertiary/aromatic N) is 2. The minimum Gasteiger partial charge on any atom is -0.341 e. The van der Waals surface area contributed by atoms with Crippen molar-refractivity contribution in [3.8, 4) is 0 Å². The van der Waals surface area contributed by atoms with Gasteiger partial charge in [-0.3, -0.25) is 9.59 Å². The summed E-state index contributed by atoms with van der Waals surface area (Å²) in [6.07, 6.45) is 1.79. The molecule has 0 N–H and O–H groups in total. The van der Waals surface area contributed by atoms with Gasteiger partial charge < -0.3 is 9.80 Å². The summed E-state index contributed by atoms with van der Waals surface area (Å²) >= 11 is 3.23. The SMILES string of the molecule is O=C(Cc1ccsc1)N1CCCN(C(=O)Cc2cccs2)CC1. The topological polar surface area (TPSA) is 40.6 Å². The molecule has 0 unspecified atom stereocenters. The van der Waals surface area contributed by atoms with Gasteiger partial charge in [-0.2, -0.15) is 11.3 Å². The predicted octanol–water partition coefficient (Wildman–Crippen LogP) is 2.66. The van der Waals surface area contributed by atoms with Crippen LogP contribution >= 0.6 is 22.7 Å². The quantitative estimate of drug-likeness (QED) is 0.852. The highest BCUT2D eigenvalue weighted by molar-refractivity contribution is 7.10. The van der Waals surface area contributed by atoms with Crippen LogP contribution in [-0.2, 0) is 22.4 Å². The number of carbonyl (C=O) groups is 2. The molecule has 0 spiro atoms. The first kappa shape index (κ1) is 16.2. The normalized spacial score (nSPS) is 15.5. The Morgan fingerprint density at radius 3 is 2.30 bits per heavy atom. The predicted molar refractivity (Wildman–Crippen MR) is 93.8 cm³/mol. The van der Waals surface area contributed by atoms with Gasteiger partial charge >= 0.3 is 0 Å². The van der Waals surface area contributed by atoms with Gasteiger partial charge in [-0.25, -0.2) is 0 Å². The molecule has 1 aliphatic rings. The molecule has 0 radical (unpaired) electrons. The second-order valence-electron chi connectivity index (χ2n) is 5.68. The Hall–Kier alpha value is -1.66. The number of hydrogen-bond acceptors (Lipinski definition) is 4. The largest absolute Gasteiger partial charge is 0.341 e. The summed E-state index contributed by atoms with van der Waals surface area (Å²) < 4.78 is 0. The van der Waals surface area contributed by atoms with Gasteiger partial charge in [-0.15, -0.1) is 11.3 Å². The molecule has 1 aliphatic heterocycles. The average Bonchev–Trinajstić information content (AvgIpc) is 3.17. The van der Waals surface area contributed by atoms with Crippen LogP contribution in [0.5, 0.6) is 0 Å². The molecule has 4 nitrogen and oxygen atoms in total. The molecule has 0 atom stereocenters. The number of carbonyl (C=O) groups excluding carboxylic acids is 2. The maximum atomic E-state index is 12.4. The Morgan fingerprint density at radius 1 is 0.957 bits per heavy atom. The molecule has 6 heteroatoms. The van der Waals surface area contributed by atoms with E-state index in [0.717, 1.165) is 30.0 Å². The van der Waals surface area contributed by atoms with Crippen LogP contribution in [0.4, 0.5) is 0 Å². The molecule has 122 valence electrons. The maximum absolute atomic E-state index is 12.4. The minimum atomic E-state index is 0.163. The van der Waals surface area contributed by atoms with Gasteiger partial charge in [0.15, 0.2) is 0 Å². The Labute approximate surface area is 144 Å². The monoisotopic (exact) mass is 348 g/mol. The average molecular weight is 348 g/mol. The summed E-state index contributed by atoms with van der Waals surface area (Å²) in [6, 6.07) is 5.97. The summed E-state index contributed by atoms with van der Waals surface area (Å²) in [4.78, 5) is 29.7. The van der Waals surface area contributed by atoms with Crippen LogP contribution in [0.1, 0.15) is 16.9 Å². The van der Waals surface area contributed by atoms with E-state index in [1.54, 1.807) is 22.7 Å². The van der Waals surface area contributed by atoms with E-state index in [9.17, 15) is 9.59 Å². The van der Waals surface area contributed by atoms with E-state index in [0.29, 0.717) is 25.9 Å². The number of amides is 2. The van der Waals surface area contributed by atoms with Crippen LogP contribution < -0.4 is 0 Å². The summed E-state index contributed by atoms with van der Waals surface area (Å²) in [5, 5.41) is 6.01. The van der Waals surface area contributed by atoms with Crippen molar-refractivity contribution in [3.63, 3.8) is 0 Å². The smallest absolute Gasteiger partial charge is 0.227 e. The van der Waals surface area contributed by atoms with Crippen molar-refractivity contribution in [2.24, 2.45) is 0 Å². The lowest BCUT2D eigenvalue weighted by Gasteiger charge is -2.22. The lowest BCUT2D eigenvalue weighted by Crippen LogP contribution is -2.38. The van der Waals surface area contributed by atoms with Crippen molar-refractivity contribution in [1.29, 1.82) is 0 Å². The molecule has 0 aromatic carbocycles. The Balaban J connectivity index is 1.52. The fourth-order valence-electron chi connectivity index (χ4n) is 2.77. The summed E-state index contributed by atoms with van der Waals surface area (Å²) in [6.45, 7) is 2.76. The van der Waals surface area contributed by atoms with Gasteiger partial charge in [-0.05, 0) is 40.3 Å². The van der Waals surface area contributed by atoms with E-state index in [-0.39, 0.29) is 11.8 Å². The number of thiophene rings is 2. The number of hydrogen-bond donors (Lipinski definition) is 0. The maximum Gasteiger partial charge on any atom is 0.227 e. The molecule has 3 rings (SSSR count). The first-order valence-corrected chi connectivity index (χ1v) is 9.63. The van der Waals surface area contributed by atoms with Crippen LogP contribution in [0.3, 0.4) is 0 Å². The van der Waals surface area contributed by atoms with E-state index >= 15 is 0 Å². The third-order valence-electron chi connectivity index (χ3n) is 4.04. The zero-order valence-electron chi connectivity index (χ0n) is 12.9. The summed E-state index contributed by atoms with van der Waals surface area (Å²) in [5.74, 6) is 0.329. The minimum absolute atomic E-state index is 0.163. The van der Waals surface area contributed by atoms with Gasteiger partial charge in [0.2, 0.25) is 11.8 Å². The second-order valence-corrected chi connectivity index (χ2v) is 7.49. The van der Waals surface area contributed by atoms with Crippen molar-refractivity contribution in [2.75, 3.05) is 26.2 Å². The fourth-order valence-corrected chi connectivity index (χ4v) is 4.13. The van der Waals surface area contributed by atoms with Gasteiger partial charge in [-0.1, -0.05) is 6.07 Å². The number of rotatable bonds is 4. The molecule has 1 saturated heterocycles. The summed E-state index contributed by atoms with van der Waals surface area (Å²) in [7, 11) is 0. The Morgan fingerprint density at radius 2 is 1.70 bits per heavy atom. The van der Waals surface area contributed by atoms with Crippen LogP contribution in [0, 0.1) is 0 Å². The molecule has 1 fully saturated rings. The molecule has 3 heterocycles. The lowest BCUT2D eigenvalue weighted by atomic mass is 10.2. The van der Waals surface area contributed by atoms with Crippen LogP contribution in [0.25, 0.3) is 0 Å². The van der Waals surface area contributed by atoms with Crippen LogP contribution in [0.15, 0.2) is 34.3 Å². The second kappa shape index (κ2) is 7.75. The third kappa shape index (κ3) is 4.42. The molecule has 2 aromatic heterocycles. The van der Waals surface area contributed by atoms with E-state index < -0.39 is 0 Å². The van der Waals surface area contributed by atoms with E-state index in [1.165, 1.54) is 0 Å². The summed E-state index contributed by atoms with van der Waals surface area (Å²) in [5.41, 5.74) is 1.08. The highest BCUT2D eigenvalue weighted by Gasteiger charge is 2.22. The zero-order valence-corrected chi connectivity index (χ0v) is 14.6. The molecule has 2 aromatic rings. The molecule has 0 aliphatic carbocycles. The van der Waals surface area contributed by atoms with Crippen molar-refractivity contribution >= 4 is 34.5 Å². The van der Waals surface area contributed by atoms with Crippen LogP contribution in [-0.4, -0.2) is 47.8 Å².